The van der Waals surface area contributed by atoms with Crippen LogP contribution < -0.4 is 9.34 Å². The van der Waals surface area contributed by atoms with Gasteiger partial charge in [-0.05, 0) is 31.2 Å². The van der Waals surface area contributed by atoms with Gasteiger partial charge in [-0.1, -0.05) is 43.0 Å². The van der Waals surface area contributed by atoms with Crippen LogP contribution in [0.4, 0.5) is 11.4 Å². The Morgan fingerprint density at radius 3 is 1.79 bits per heavy atom. The number of anilines is 2. The van der Waals surface area contributed by atoms with Crippen molar-refractivity contribution < 1.29 is 9.69 Å². The van der Waals surface area contributed by atoms with Gasteiger partial charge >= 0.3 is 0 Å². The van der Waals surface area contributed by atoms with E-state index in [9.17, 15) is 9.69 Å². The Balaban J connectivity index is 2.05. The molecule has 0 aliphatic carbocycles. The monoisotopic (exact) mass is 341 g/mol. The Morgan fingerprint density at radius 1 is 1.00 bits per heavy atom. The van der Waals surface area contributed by atoms with Crippen molar-refractivity contribution in [1.29, 1.82) is 0 Å². The van der Waals surface area contributed by atoms with E-state index in [1.165, 1.54) is 6.92 Å². The fraction of sp³-hybridized carbons (Fsp3) is 0.211. The molecule has 3 rings (SSSR count). The van der Waals surface area contributed by atoms with Gasteiger partial charge in [-0.25, -0.2) is 0 Å². The maximum Gasteiger partial charge on any atom is 0.188 e. The molecule has 1 heterocycles. The number of rotatable bonds is 5. The molecule has 0 atom stereocenters. The molecule has 0 bridgehead atoms. The summed E-state index contributed by atoms with van der Waals surface area (Å²) in [4.78, 5) is 23.4. The summed E-state index contributed by atoms with van der Waals surface area (Å²) in [5.41, 5.74) is 1.91. The Hall–Kier alpha value is -2.16. The molecule has 0 aromatic heterocycles. The van der Waals surface area contributed by atoms with Gasteiger partial charge in [-0.15, -0.1) is 0 Å². The minimum absolute atomic E-state index is 0.0151. The average molecular weight is 341 g/mol. The second-order valence-corrected chi connectivity index (χ2v) is 8.67. The van der Waals surface area contributed by atoms with Crippen LogP contribution in [0.1, 0.15) is 13.3 Å². The molecule has 24 heavy (non-hydrogen) atoms. The highest BCUT2D eigenvalue weighted by Crippen LogP contribution is 2.72. The number of allylic oxidation sites excluding steroid dienone is 1. The SMILES string of the molecule is C=C(CC(C)=O)[P]1(O)N(c2ccccc2)CCN1c1ccccc1. The minimum Gasteiger partial charge on any atom is -0.342 e. The maximum absolute atomic E-state index is 11.7. The van der Waals surface area contributed by atoms with Crippen molar-refractivity contribution >= 4 is 24.9 Å². The second-order valence-electron chi connectivity index (χ2n) is 5.93. The van der Waals surface area contributed by atoms with E-state index in [1.54, 1.807) is 0 Å². The summed E-state index contributed by atoms with van der Waals surface area (Å²) in [6.07, 6.45) is 0.191. The van der Waals surface area contributed by atoms with Gasteiger partial charge in [0.25, 0.3) is 0 Å². The molecule has 2 aromatic rings. The summed E-state index contributed by atoms with van der Waals surface area (Å²) in [5.74, 6) is 0.0151. The van der Waals surface area contributed by atoms with Gasteiger partial charge in [0, 0.05) is 36.2 Å². The summed E-state index contributed by atoms with van der Waals surface area (Å²) in [7, 11) is -2.88. The van der Waals surface area contributed by atoms with Crippen LogP contribution in [0.25, 0.3) is 0 Å². The summed E-state index contributed by atoms with van der Waals surface area (Å²) >= 11 is 0. The number of Topliss-reactive ketones (excluding diaryl/α,β-unsaturated/α-hetero) is 1. The summed E-state index contributed by atoms with van der Waals surface area (Å²) in [5, 5.41) is 0.597. The molecule has 0 amide bonds. The van der Waals surface area contributed by atoms with Gasteiger partial charge in [-0.2, -0.15) is 0 Å². The smallest absolute Gasteiger partial charge is 0.188 e. The first-order valence-electron chi connectivity index (χ1n) is 7.99. The van der Waals surface area contributed by atoms with E-state index in [4.69, 9.17) is 0 Å². The average Bonchev–Trinajstić information content (AvgIpc) is 2.94. The van der Waals surface area contributed by atoms with Gasteiger partial charge in [0.2, 0.25) is 0 Å². The summed E-state index contributed by atoms with van der Waals surface area (Å²) in [6.45, 7) is 7.02. The van der Waals surface area contributed by atoms with Crippen molar-refractivity contribution in [2.75, 3.05) is 22.4 Å². The summed E-state index contributed by atoms with van der Waals surface area (Å²) < 4.78 is 4.04. The van der Waals surface area contributed by atoms with Crippen molar-refractivity contribution in [3.63, 3.8) is 0 Å². The van der Waals surface area contributed by atoms with E-state index >= 15 is 0 Å². The largest absolute Gasteiger partial charge is 0.342 e. The first-order valence-corrected chi connectivity index (χ1v) is 9.64. The topological polar surface area (TPSA) is 43.8 Å². The van der Waals surface area contributed by atoms with Crippen LogP contribution in [0.3, 0.4) is 0 Å². The van der Waals surface area contributed by atoms with Crippen molar-refractivity contribution in [3.8, 4) is 0 Å². The Bertz CT molecular complexity index is 686. The van der Waals surface area contributed by atoms with Crippen molar-refractivity contribution in [3.05, 3.63) is 72.6 Å². The Morgan fingerprint density at radius 2 is 1.42 bits per heavy atom. The van der Waals surface area contributed by atoms with Crippen LogP contribution in [0.15, 0.2) is 72.6 Å². The minimum atomic E-state index is -2.88. The number of nitrogens with zero attached hydrogens (tertiary/aromatic N) is 2. The zero-order valence-electron chi connectivity index (χ0n) is 13.8. The quantitative estimate of drug-likeness (QED) is 0.825. The highest BCUT2D eigenvalue weighted by molar-refractivity contribution is 7.77. The van der Waals surface area contributed by atoms with E-state index < -0.39 is 7.79 Å². The lowest BCUT2D eigenvalue weighted by Crippen LogP contribution is -2.26. The molecule has 0 saturated carbocycles. The third-order valence-corrected chi connectivity index (χ3v) is 7.40. The van der Waals surface area contributed by atoms with Crippen LogP contribution in [-0.4, -0.2) is 23.8 Å². The van der Waals surface area contributed by atoms with Gasteiger partial charge in [0.1, 0.15) is 5.78 Å². The second kappa shape index (κ2) is 6.76. The number of hydrogen-bond acceptors (Lipinski definition) is 4. The molecule has 2 aromatic carbocycles. The first kappa shape index (κ1) is 16.7. The van der Waals surface area contributed by atoms with Gasteiger partial charge < -0.3 is 14.2 Å². The fourth-order valence-corrected chi connectivity index (χ4v) is 6.14. The predicted octanol–water partition coefficient (Wildman–Crippen LogP) is 4.26. The number of carbonyl (C=O) groups is 1. The Kier molecular flexibility index (Phi) is 4.70. The number of para-hydroxylation sites is 2. The Labute approximate surface area is 143 Å². The van der Waals surface area contributed by atoms with Gasteiger partial charge in [-0.3, -0.25) is 4.79 Å². The number of hydrogen-bond donors (Lipinski definition) is 1. The standard InChI is InChI=1S/C19H22N2O2P/c1-16(22)15-17(2)24(23)20(18-9-5-3-6-10-18)13-14-21(24)19-11-7-4-8-12-19/h3-12,23H,2,13-15H2,1H3. The predicted molar refractivity (Wildman–Crippen MR) is 101 cm³/mol. The molecule has 1 fully saturated rings. The number of benzene rings is 2. The lowest BCUT2D eigenvalue weighted by molar-refractivity contribution is -0.116. The van der Waals surface area contributed by atoms with Crippen LogP contribution in [0.2, 0.25) is 0 Å². The van der Waals surface area contributed by atoms with Crippen molar-refractivity contribution in [2.45, 2.75) is 13.3 Å². The fourth-order valence-electron chi connectivity index (χ4n) is 3.11. The van der Waals surface area contributed by atoms with Crippen LogP contribution in [0.5, 0.6) is 0 Å². The van der Waals surface area contributed by atoms with E-state index in [0.29, 0.717) is 18.4 Å². The molecule has 1 N–H and O–H groups in total. The van der Waals surface area contributed by atoms with Crippen molar-refractivity contribution in [2.24, 2.45) is 0 Å². The highest BCUT2D eigenvalue weighted by Gasteiger charge is 2.47. The van der Waals surface area contributed by atoms with Crippen LogP contribution >= 0.6 is 7.79 Å². The third-order valence-electron chi connectivity index (χ3n) is 4.18. The van der Waals surface area contributed by atoms with Gasteiger partial charge in [0.15, 0.2) is 7.79 Å². The lowest BCUT2D eigenvalue weighted by atomic mass is 10.3. The molecular formula is C19H22N2O2P. The molecule has 1 saturated heterocycles. The first-order chi connectivity index (χ1) is 11.5. The van der Waals surface area contributed by atoms with E-state index in [0.717, 1.165) is 11.4 Å². The van der Waals surface area contributed by atoms with E-state index in [1.807, 2.05) is 70.0 Å². The normalized spacial score (nSPS) is 16.2. The van der Waals surface area contributed by atoms with Crippen LogP contribution in [0, 0.1) is 0 Å². The lowest BCUT2D eigenvalue weighted by Gasteiger charge is -2.43. The van der Waals surface area contributed by atoms with E-state index in [2.05, 4.69) is 6.58 Å². The molecule has 0 unspecified atom stereocenters. The van der Waals surface area contributed by atoms with Crippen LogP contribution in [-0.2, 0) is 4.79 Å². The van der Waals surface area contributed by atoms with Crippen molar-refractivity contribution in [1.82, 2.24) is 0 Å². The van der Waals surface area contributed by atoms with E-state index in [-0.39, 0.29) is 12.2 Å². The molecule has 125 valence electrons. The molecule has 1 aliphatic heterocycles. The molecule has 1 aliphatic rings. The molecule has 4 nitrogen and oxygen atoms in total. The number of carbonyl (C=O) groups excluding carboxylic acids is 1. The summed E-state index contributed by atoms with van der Waals surface area (Å²) in [6, 6.07) is 19.7. The van der Waals surface area contributed by atoms with Gasteiger partial charge in [0.05, 0.1) is 0 Å². The zero-order chi connectivity index (χ0) is 17.2. The zero-order valence-corrected chi connectivity index (χ0v) is 14.7. The molecule has 0 spiro atoms. The molecular weight excluding hydrogens is 319 g/mol. The molecule has 1 radical (unpaired) electrons. The maximum atomic E-state index is 11.7. The highest BCUT2D eigenvalue weighted by atomic mass is 31.2. The molecule has 5 heteroatoms. The number of ketones is 1. The third kappa shape index (κ3) is 2.95.